The molecule has 0 bridgehead atoms. The first-order valence-corrected chi connectivity index (χ1v) is 9.26. The molecular formula is C17H18O6S. The van der Waals surface area contributed by atoms with Gasteiger partial charge in [0.25, 0.3) is 10.1 Å². The zero-order chi connectivity index (χ0) is 17.0. The maximum absolute atomic E-state index is 11.0. The fourth-order valence-electron chi connectivity index (χ4n) is 2.21. The highest BCUT2D eigenvalue weighted by Gasteiger charge is 2.23. The first-order chi connectivity index (χ1) is 11.5. The summed E-state index contributed by atoms with van der Waals surface area (Å²) in [5, 5.41) is 0. The molecule has 1 aliphatic heterocycles. The molecule has 0 N–H and O–H groups in total. The number of benzene rings is 2. The van der Waals surface area contributed by atoms with Gasteiger partial charge in [-0.05, 0) is 17.7 Å². The topological polar surface area (TPSA) is 71.1 Å². The van der Waals surface area contributed by atoms with Crippen molar-refractivity contribution in [2.75, 3.05) is 19.5 Å². The zero-order valence-corrected chi connectivity index (χ0v) is 14.0. The van der Waals surface area contributed by atoms with E-state index in [-0.39, 0.29) is 13.2 Å². The minimum absolute atomic E-state index is 0.0788. The van der Waals surface area contributed by atoms with E-state index in [1.54, 1.807) is 18.2 Å². The Morgan fingerprint density at radius 3 is 2.67 bits per heavy atom. The predicted octanol–water partition coefficient (Wildman–Crippen LogP) is 2.38. The van der Waals surface area contributed by atoms with Crippen LogP contribution in [-0.4, -0.2) is 34.0 Å². The molecule has 0 saturated carbocycles. The number of hydrogen-bond donors (Lipinski definition) is 0. The highest BCUT2D eigenvalue weighted by Crippen LogP contribution is 2.35. The third kappa shape index (κ3) is 4.62. The number of fused-ring (bicyclic) bond motifs is 1. The molecule has 1 aliphatic rings. The van der Waals surface area contributed by atoms with Crippen molar-refractivity contribution in [3.63, 3.8) is 0 Å². The summed E-state index contributed by atoms with van der Waals surface area (Å²) in [5.74, 6) is 1.78. The van der Waals surface area contributed by atoms with E-state index in [4.69, 9.17) is 18.4 Å². The van der Waals surface area contributed by atoms with Crippen LogP contribution in [-0.2, 0) is 20.9 Å². The Morgan fingerprint density at radius 1 is 1.12 bits per heavy atom. The molecule has 6 nitrogen and oxygen atoms in total. The third-order valence-electron chi connectivity index (χ3n) is 3.35. The zero-order valence-electron chi connectivity index (χ0n) is 13.2. The Hall–Kier alpha value is -2.25. The van der Waals surface area contributed by atoms with E-state index in [1.807, 2.05) is 30.3 Å². The summed E-state index contributed by atoms with van der Waals surface area (Å²) in [7, 11) is -3.50. The van der Waals surface area contributed by atoms with Crippen molar-refractivity contribution in [1.82, 2.24) is 0 Å². The minimum Gasteiger partial charge on any atom is -0.489 e. The second-order valence-corrected chi connectivity index (χ2v) is 7.07. The lowest BCUT2D eigenvalue weighted by Crippen LogP contribution is -2.34. The van der Waals surface area contributed by atoms with E-state index in [0.717, 1.165) is 11.8 Å². The molecule has 0 aromatic heterocycles. The van der Waals surface area contributed by atoms with Crippen LogP contribution in [0.15, 0.2) is 48.5 Å². The van der Waals surface area contributed by atoms with E-state index in [2.05, 4.69) is 0 Å². The fourth-order valence-corrected chi connectivity index (χ4v) is 2.61. The molecule has 0 spiro atoms. The maximum atomic E-state index is 11.0. The van der Waals surface area contributed by atoms with Crippen LogP contribution in [0.1, 0.15) is 5.56 Å². The molecule has 7 heteroatoms. The Bertz CT molecular complexity index is 788. The largest absolute Gasteiger partial charge is 0.489 e. The van der Waals surface area contributed by atoms with Gasteiger partial charge in [-0.25, -0.2) is 0 Å². The molecule has 0 amide bonds. The fraction of sp³-hybridized carbons (Fsp3) is 0.294. The van der Waals surface area contributed by atoms with Crippen molar-refractivity contribution in [3.05, 3.63) is 54.1 Å². The van der Waals surface area contributed by atoms with Gasteiger partial charge in [0, 0.05) is 6.07 Å². The molecule has 3 rings (SSSR count). The smallest absolute Gasteiger partial charge is 0.264 e. The summed E-state index contributed by atoms with van der Waals surface area (Å²) in [6, 6.07) is 15.1. The van der Waals surface area contributed by atoms with Crippen LogP contribution in [0.4, 0.5) is 0 Å². The third-order valence-corrected chi connectivity index (χ3v) is 3.91. The van der Waals surface area contributed by atoms with Crippen LogP contribution in [0.2, 0.25) is 0 Å². The van der Waals surface area contributed by atoms with Gasteiger partial charge >= 0.3 is 0 Å². The van der Waals surface area contributed by atoms with Crippen LogP contribution >= 0.6 is 0 Å². The predicted molar refractivity (Wildman–Crippen MR) is 87.9 cm³/mol. The van der Waals surface area contributed by atoms with Crippen molar-refractivity contribution in [2.24, 2.45) is 0 Å². The standard InChI is InChI=1S/C17H18O6S/c1-24(18,19)22-12-15-11-21-17-9-14(7-8-16(17)23-15)20-10-13-5-3-2-4-6-13/h2-9,15H,10-12H2,1H3/t15-/m1/s1. The normalized spacial score (nSPS) is 16.6. The van der Waals surface area contributed by atoms with Crippen molar-refractivity contribution in [1.29, 1.82) is 0 Å². The second-order valence-electron chi connectivity index (χ2n) is 5.42. The van der Waals surface area contributed by atoms with Gasteiger partial charge in [-0.3, -0.25) is 4.18 Å². The molecule has 1 atom stereocenters. The molecule has 0 aliphatic carbocycles. The lowest BCUT2D eigenvalue weighted by molar-refractivity contribution is 0.0554. The molecule has 0 fully saturated rings. The van der Waals surface area contributed by atoms with Gasteiger partial charge in [-0.2, -0.15) is 8.42 Å². The van der Waals surface area contributed by atoms with Crippen LogP contribution in [0.3, 0.4) is 0 Å². The molecule has 128 valence electrons. The van der Waals surface area contributed by atoms with E-state index in [9.17, 15) is 8.42 Å². The molecule has 24 heavy (non-hydrogen) atoms. The number of rotatable bonds is 6. The lowest BCUT2D eigenvalue weighted by Gasteiger charge is -2.26. The Labute approximate surface area is 141 Å². The van der Waals surface area contributed by atoms with Crippen LogP contribution in [0.25, 0.3) is 0 Å². The summed E-state index contributed by atoms with van der Waals surface area (Å²) >= 11 is 0. The SMILES string of the molecule is CS(=O)(=O)OC[C@H]1COc2cc(OCc3ccccc3)ccc2O1. The van der Waals surface area contributed by atoms with E-state index >= 15 is 0 Å². The van der Waals surface area contributed by atoms with Gasteiger partial charge in [0.15, 0.2) is 17.6 Å². The summed E-state index contributed by atoms with van der Waals surface area (Å²) in [4.78, 5) is 0. The van der Waals surface area contributed by atoms with Crippen molar-refractivity contribution >= 4 is 10.1 Å². The maximum Gasteiger partial charge on any atom is 0.264 e. The Kier molecular flexibility index (Phi) is 4.92. The first-order valence-electron chi connectivity index (χ1n) is 7.44. The van der Waals surface area contributed by atoms with E-state index in [1.165, 1.54) is 0 Å². The second kappa shape index (κ2) is 7.11. The minimum atomic E-state index is -3.50. The van der Waals surface area contributed by atoms with E-state index in [0.29, 0.717) is 23.9 Å². The van der Waals surface area contributed by atoms with Gasteiger partial charge in [-0.1, -0.05) is 30.3 Å². The average Bonchev–Trinajstić information content (AvgIpc) is 2.58. The van der Waals surface area contributed by atoms with Gasteiger partial charge in [0.1, 0.15) is 25.6 Å². The molecule has 2 aromatic carbocycles. The van der Waals surface area contributed by atoms with Crippen molar-refractivity contribution < 1.29 is 26.8 Å². The number of ether oxygens (including phenoxy) is 3. The molecule has 0 radical (unpaired) electrons. The van der Waals surface area contributed by atoms with Crippen LogP contribution < -0.4 is 14.2 Å². The monoisotopic (exact) mass is 350 g/mol. The summed E-state index contributed by atoms with van der Waals surface area (Å²) in [5.41, 5.74) is 1.07. The molecule has 2 aromatic rings. The lowest BCUT2D eigenvalue weighted by atomic mass is 10.2. The quantitative estimate of drug-likeness (QED) is 0.745. The highest BCUT2D eigenvalue weighted by molar-refractivity contribution is 7.85. The first kappa shape index (κ1) is 16.6. The van der Waals surface area contributed by atoms with Crippen LogP contribution in [0, 0.1) is 0 Å². The van der Waals surface area contributed by atoms with Crippen LogP contribution in [0.5, 0.6) is 17.2 Å². The van der Waals surface area contributed by atoms with Crippen molar-refractivity contribution in [3.8, 4) is 17.2 Å². The highest BCUT2D eigenvalue weighted by atomic mass is 32.2. The summed E-state index contributed by atoms with van der Waals surface area (Å²) in [6.45, 7) is 0.598. The Morgan fingerprint density at radius 2 is 1.92 bits per heavy atom. The van der Waals surface area contributed by atoms with Gasteiger partial charge < -0.3 is 14.2 Å². The van der Waals surface area contributed by atoms with Gasteiger partial charge in [0.05, 0.1) is 6.26 Å². The molecular weight excluding hydrogens is 332 g/mol. The molecule has 0 unspecified atom stereocenters. The van der Waals surface area contributed by atoms with Gasteiger partial charge in [-0.15, -0.1) is 0 Å². The molecule has 1 heterocycles. The van der Waals surface area contributed by atoms with E-state index < -0.39 is 16.2 Å². The molecule has 0 saturated heterocycles. The average molecular weight is 350 g/mol. The summed E-state index contributed by atoms with van der Waals surface area (Å²) < 4.78 is 43.8. The Balaban J connectivity index is 1.59. The number of hydrogen-bond acceptors (Lipinski definition) is 6. The summed E-state index contributed by atoms with van der Waals surface area (Å²) in [6.07, 6.45) is 0.532. The van der Waals surface area contributed by atoms with Crippen molar-refractivity contribution in [2.45, 2.75) is 12.7 Å². The van der Waals surface area contributed by atoms with Gasteiger partial charge in [0.2, 0.25) is 0 Å².